The van der Waals surface area contributed by atoms with Gasteiger partial charge in [-0.1, -0.05) is 60.2 Å². The molecular weight excluding hydrogens is 302 g/mol. The highest BCUT2D eigenvalue weighted by atomic mass is 16.6. The summed E-state index contributed by atoms with van der Waals surface area (Å²) in [5.74, 6) is -0.168. The lowest BCUT2D eigenvalue weighted by molar-refractivity contribution is -0.129. The molecule has 0 aliphatic carbocycles. The van der Waals surface area contributed by atoms with Gasteiger partial charge in [0.25, 0.3) is 0 Å². The topological polar surface area (TPSA) is 46.6 Å². The first-order valence-electron chi connectivity index (χ1n) is 8.22. The van der Waals surface area contributed by atoms with Crippen molar-refractivity contribution >= 4 is 12.0 Å². The summed E-state index contributed by atoms with van der Waals surface area (Å²) in [5.41, 5.74) is 3.38. The maximum Gasteiger partial charge on any atom is 0.416 e. The maximum atomic E-state index is 12.5. The predicted molar refractivity (Wildman–Crippen MR) is 91.6 cm³/mol. The van der Waals surface area contributed by atoms with E-state index < -0.39 is 6.09 Å². The number of aryl methyl sites for hydroxylation is 2. The van der Waals surface area contributed by atoms with Gasteiger partial charge >= 0.3 is 6.09 Å². The molecule has 0 bridgehead atoms. The van der Waals surface area contributed by atoms with Gasteiger partial charge in [-0.15, -0.1) is 0 Å². The molecule has 0 spiro atoms. The highest BCUT2D eigenvalue weighted by molar-refractivity contribution is 5.93. The average molecular weight is 323 g/mol. The van der Waals surface area contributed by atoms with Crippen LogP contribution in [0.4, 0.5) is 4.79 Å². The normalized spacial score (nSPS) is 17.0. The lowest BCUT2D eigenvalue weighted by atomic mass is 10.0. The zero-order valence-corrected chi connectivity index (χ0v) is 13.8. The minimum atomic E-state index is -0.523. The Morgan fingerprint density at radius 1 is 1.08 bits per heavy atom. The number of carbonyl (C=O) groups excluding carboxylic acids is 2. The van der Waals surface area contributed by atoms with Crippen molar-refractivity contribution in [2.45, 2.75) is 32.2 Å². The second kappa shape index (κ2) is 7.30. The van der Waals surface area contributed by atoms with Crippen LogP contribution in [0.1, 0.15) is 23.1 Å². The first-order chi connectivity index (χ1) is 11.6. The third-order valence-electron chi connectivity index (χ3n) is 4.29. The standard InChI is InChI=1S/C20H21NO3/c1-15-7-9-16(10-8-15)11-12-19(22)21-18(14-24-20(21)23)13-17-5-3-2-4-6-17/h2-10,18H,11-14H2,1H3/t18-/m1/s1. The fourth-order valence-corrected chi connectivity index (χ4v) is 2.93. The molecule has 24 heavy (non-hydrogen) atoms. The largest absolute Gasteiger partial charge is 0.447 e. The van der Waals surface area contributed by atoms with E-state index in [0.717, 1.165) is 11.1 Å². The van der Waals surface area contributed by atoms with Crippen LogP contribution in [0.3, 0.4) is 0 Å². The zero-order chi connectivity index (χ0) is 16.9. The van der Waals surface area contributed by atoms with Crippen LogP contribution in [0.2, 0.25) is 0 Å². The Morgan fingerprint density at radius 3 is 2.50 bits per heavy atom. The summed E-state index contributed by atoms with van der Waals surface area (Å²) in [4.78, 5) is 25.8. The Hall–Kier alpha value is -2.62. The van der Waals surface area contributed by atoms with Crippen molar-refractivity contribution in [2.24, 2.45) is 0 Å². The Bertz CT molecular complexity index is 709. The number of imide groups is 1. The average Bonchev–Trinajstić information content (AvgIpc) is 2.95. The number of carbonyl (C=O) groups is 2. The number of amides is 2. The summed E-state index contributed by atoms with van der Waals surface area (Å²) in [6.07, 6.45) is 1.04. The van der Waals surface area contributed by atoms with Crippen molar-refractivity contribution in [3.05, 3.63) is 71.3 Å². The Kier molecular flexibility index (Phi) is 4.94. The molecule has 0 radical (unpaired) electrons. The number of ether oxygens (including phenoxy) is 1. The summed E-state index contributed by atoms with van der Waals surface area (Å²) in [5, 5.41) is 0. The highest BCUT2D eigenvalue weighted by Gasteiger charge is 2.37. The van der Waals surface area contributed by atoms with E-state index in [1.807, 2.05) is 61.5 Å². The van der Waals surface area contributed by atoms with Crippen molar-refractivity contribution in [1.82, 2.24) is 4.90 Å². The van der Waals surface area contributed by atoms with E-state index in [-0.39, 0.29) is 18.6 Å². The smallest absolute Gasteiger partial charge is 0.416 e. The van der Waals surface area contributed by atoms with Crippen LogP contribution < -0.4 is 0 Å². The summed E-state index contributed by atoms with van der Waals surface area (Å²) < 4.78 is 5.11. The highest BCUT2D eigenvalue weighted by Crippen LogP contribution is 2.19. The fraction of sp³-hybridized carbons (Fsp3) is 0.300. The Labute approximate surface area is 142 Å². The molecule has 0 aromatic heterocycles. The van der Waals surface area contributed by atoms with Crippen molar-refractivity contribution in [3.8, 4) is 0 Å². The van der Waals surface area contributed by atoms with Crippen molar-refractivity contribution < 1.29 is 14.3 Å². The fourth-order valence-electron chi connectivity index (χ4n) is 2.93. The molecule has 1 heterocycles. The molecule has 2 amide bonds. The number of hydrogen-bond donors (Lipinski definition) is 0. The van der Waals surface area contributed by atoms with Gasteiger partial charge in [-0.3, -0.25) is 4.79 Å². The first kappa shape index (κ1) is 16.2. The van der Waals surface area contributed by atoms with Gasteiger partial charge in [0.1, 0.15) is 6.61 Å². The molecule has 0 unspecified atom stereocenters. The van der Waals surface area contributed by atoms with Gasteiger partial charge < -0.3 is 4.74 Å². The molecule has 1 aliphatic rings. The predicted octanol–water partition coefficient (Wildman–Crippen LogP) is 3.52. The molecule has 1 atom stereocenters. The Morgan fingerprint density at radius 2 is 1.79 bits per heavy atom. The van der Waals surface area contributed by atoms with Gasteiger partial charge in [-0.05, 0) is 30.9 Å². The lowest BCUT2D eigenvalue weighted by Gasteiger charge is -2.19. The number of nitrogens with zero attached hydrogens (tertiary/aromatic N) is 1. The SMILES string of the molecule is Cc1ccc(CCC(=O)N2C(=O)OC[C@H]2Cc2ccccc2)cc1. The third kappa shape index (κ3) is 3.82. The molecule has 1 fully saturated rings. The molecule has 1 saturated heterocycles. The van der Waals surface area contributed by atoms with Crippen molar-refractivity contribution in [2.75, 3.05) is 6.61 Å². The zero-order valence-electron chi connectivity index (χ0n) is 13.8. The third-order valence-corrected chi connectivity index (χ3v) is 4.29. The van der Waals surface area contributed by atoms with E-state index >= 15 is 0 Å². The summed E-state index contributed by atoms with van der Waals surface area (Å²) in [7, 11) is 0. The van der Waals surface area contributed by atoms with E-state index in [1.54, 1.807) is 0 Å². The van der Waals surface area contributed by atoms with Gasteiger partial charge in [0, 0.05) is 6.42 Å². The number of cyclic esters (lactones) is 1. The summed E-state index contributed by atoms with van der Waals surface area (Å²) >= 11 is 0. The maximum absolute atomic E-state index is 12.5. The molecule has 124 valence electrons. The van der Waals surface area contributed by atoms with Crippen LogP contribution in [0.15, 0.2) is 54.6 Å². The van der Waals surface area contributed by atoms with Crippen molar-refractivity contribution in [1.29, 1.82) is 0 Å². The van der Waals surface area contributed by atoms with E-state index in [4.69, 9.17) is 4.74 Å². The van der Waals surface area contributed by atoms with Crippen LogP contribution in [0.25, 0.3) is 0 Å². The van der Waals surface area contributed by atoms with Gasteiger partial charge in [0.05, 0.1) is 6.04 Å². The molecule has 1 aliphatic heterocycles. The van der Waals surface area contributed by atoms with E-state index in [9.17, 15) is 9.59 Å². The lowest BCUT2D eigenvalue weighted by Crippen LogP contribution is -2.40. The van der Waals surface area contributed by atoms with E-state index in [2.05, 4.69) is 0 Å². The molecule has 3 rings (SSSR count). The molecule has 2 aromatic carbocycles. The van der Waals surface area contributed by atoms with Crippen LogP contribution in [-0.4, -0.2) is 29.5 Å². The van der Waals surface area contributed by atoms with Crippen LogP contribution in [0, 0.1) is 6.92 Å². The molecular formula is C20H21NO3. The molecule has 2 aromatic rings. The first-order valence-corrected chi connectivity index (χ1v) is 8.22. The summed E-state index contributed by atoms with van der Waals surface area (Å²) in [6.45, 7) is 2.30. The molecule has 0 N–H and O–H groups in total. The Balaban J connectivity index is 1.62. The van der Waals surface area contributed by atoms with Crippen LogP contribution in [-0.2, 0) is 22.4 Å². The van der Waals surface area contributed by atoms with Crippen LogP contribution >= 0.6 is 0 Å². The minimum Gasteiger partial charge on any atom is -0.447 e. The summed E-state index contributed by atoms with van der Waals surface area (Å²) in [6, 6.07) is 17.7. The van der Waals surface area contributed by atoms with Crippen LogP contribution in [0.5, 0.6) is 0 Å². The quantitative estimate of drug-likeness (QED) is 0.846. The molecule has 0 saturated carbocycles. The number of rotatable bonds is 5. The van der Waals surface area contributed by atoms with Gasteiger partial charge in [0.15, 0.2) is 0 Å². The van der Waals surface area contributed by atoms with E-state index in [0.29, 0.717) is 19.3 Å². The van der Waals surface area contributed by atoms with Crippen molar-refractivity contribution in [3.63, 3.8) is 0 Å². The number of benzene rings is 2. The minimum absolute atomic E-state index is 0.168. The van der Waals surface area contributed by atoms with Gasteiger partial charge in [-0.2, -0.15) is 0 Å². The van der Waals surface area contributed by atoms with E-state index in [1.165, 1.54) is 10.5 Å². The van der Waals surface area contributed by atoms with Gasteiger partial charge in [0.2, 0.25) is 5.91 Å². The molecule has 4 heteroatoms. The van der Waals surface area contributed by atoms with Gasteiger partial charge in [-0.25, -0.2) is 9.69 Å². The monoisotopic (exact) mass is 323 g/mol. The second-order valence-electron chi connectivity index (χ2n) is 6.17. The number of hydrogen-bond acceptors (Lipinski definition) is 3. The second-order valence-corrected chi connectivity index (χ2v) is 6.17. The molecule has 4 nitrogen and oxygen atoms in total.